The number of aliphatic hydroxyl groups is 1. The van der Waals surface area contributed by atoms with Gasteiger partial charge in [0, 0.05) is 17.0 Å². The first-order valence-electron chi connectivity index (χ1n) is 13.3. The predicted molar refractivity (Wildman–Crippen MR) is 155 cm³/mol. The third-order valence-electron chi connectivity index (χ3n) is 7.01. The lowest BCUT2D eigenvalue weighted by Gasteiger charge is -2.39. The van der Waals surface area contributed by atoms with Crippen molar-refractivity contribution in [3.8, 4) is 0 Å². The van der Waals surface area contributed by atoms with Gasteiger partial charge in [0.1, 0.15) is 5.60 Å². The number of carbonyl (C=O) groups excluding carboxylic acids is 3. The molecule has 1 aromatic heterocycles. The monoisotopic (exact) mass is 636 g/mol. The Kier molecular flexibility index (Phi) is 8.27. The summed E-state index contributed by atoms with van der Waals surface area (Å²) < 4.78 is 47.5. The Morgan fingerprint density at radius 2 is 1.93 bits per heavy atom. The first-order chi connectivity index (χ1) is 20.1. The number of imide groups is 1. The molecule has 0 radical (unpaired) electrons. The number of β-amino-alcohol motifs (C(OH)–C–C–N with tert-alkyl or cyclic N) is 1. The minimum absolute atomic E-state index is 0.0127. The zero-order valence-corrected chi connectivity index (χ0v) is 25.0. The van der Waals surface area contributed by atoms with Gasteiger partial charge in [-0.1, -0.05) is 23.7 Å². The lowest BCUT2D eigenvalue weighted by Crippen LogP contribution is -2.57. The van der Waals surface area contributed by atoms with Crippen LogP contribution < -0.4 is 0 Å². The summed E-state index contributed by atoms with van der Waals surface area (Å²) in [6.07, 6.45) is -3.05. The van der Waals surface area contributed by atoms with Crippen LogP contribution in [0.15, 0.2) is 47.5 Å². The van der Waals surface area contributed by atoms with Crippen molar-refractivity contribution < 1.29 is 37.4 Å². The highest BCUT2D eigenvalue weighted by molar-refractivity contribution is 8.18. The second-order valence-electron chi connectivity index (χ2n) is 11.3. The highest BCUT2D eigenvalue weighted by Crippen LogP contribution is 2.37. The van der Waals surface area contributed by atoms with E-state index < -0.39 is 46.7 Å². The van der Waals surface area contributed by atoms with E-state index in [4.69, 9.17) is 16.3 Å². The molecule has 2 aliphatic heterocycles. The van der Waals surface area contributed by atoms with Crippen molar-refractivity contribution in [3.63, 3.8) is 0 Å². The number of halogens is 4. The Morgan fingerprint density at radius 3 is 2.60 bits per heavy atom. The van der Waals surface area contributed by atoms with Crippen molar-refractivity contribution in [1.82, 2.24) is 19.6 Å². The summed E-state index contributed by atoms with van der Waals surface area (Å²) in [4.78, 5) is 41.1. The molecule has 5 rings (SSSR count). The van der Waals surface area contributed by atoms with Gasteiger partial charge in [-0.2, -0.15) is 18.3 Å². The summed E-state index contributed by atoms with van der Waals surface area (Å²) in [5.74, 6) is -0.553. The van der Waals surface area contributed by atoms with E-state index in [9.17, 15) is 32.7 Å². The molecule has 0 aliphatic carbocycles. The maximum Gasteiger partial charge on any atom is 0.416 e. The van der Waals surface area contributed by atoms with Gasteiger partial charge in [-0.3, -0.25) is 19.2 Å². The SMILES string of the molecule is CC(C)(C)OC(=O)N1CC[C@H](N2C(=O)SC(=Cc3ccc4c(cnn4Cc4ccc(Cl)cc4C(F)(F)F)c3)C2=O)[C@@H](O)C1. The second kappa shape index (κ2) is 11.5. The summed E-state index contributed by atoms with van der Waals surface area (Å²) in [6, 6.07) is 7.87. The Bertz CT molecular complexity index is 1630. The molecule has 2 aliphatic rings. The van der Waals surface area contributed by atoms with Crippen molar-refractivity contribution in [3.05, 3.63) is 69.2 Å². The fraction of sp³-hybridized carbons (Fsp3) is 0.379. The van der Waals surface area contributed by atoms with Crippen LogP contribution in [0.5, 0.6) is 0 Å². The Morgan fingerprint density at radius 1 is 1.19 bits per heavy atom. The number of aliphatic hydroxyl groups excluding tert-OH is 1. The van der Waals surface area contributed by atoms with Gasteiger partial charge < -0.3 is 14.7 Å². The van der Waals surface area contributed by atoms with Crippen LogP contribution in [0.25, 0.3) is 17.0 Å². The number of nitrogens with zero attached hydrogens (tertiary/aromatic N) is 4. The van der Waals surface area contributed by atoms with Crippen LogP contribution in [0.3, 0.4) is 0 Å². The lowest BCUT2D eigenvalue weighted by molar-refractivity contribution is -0.138. The summed E-state index contributed by atoms with van der Waals surface area (Å²) in [5.41, 5.74) is -0.366. The molecule has 0 saturated carbocycles. The molecule has 2 atom stereocenters. The normalized spacial score (nSPS) is 20.9. The van der Waals surface area contributed by atoms with Gasteiger partial charge in [-0.15, -0.1) is 0 Å². The number of alkyl halides is 3. The smallest absolute Gasteiger partial charge is 0.416 e. The Labute approximate surface area is 254 Å². The van der Waals surface area contributed by atoms with E-state index in [2.05, 4.69) is 5.10 Å². The zero-order chi connectivity index (χ0) is 31.3. The largest absolute Gasteiger partial charge is 0.444 e. The zero-order valence-electron chi connectivity index (χ0n) is 23.4. The third kappa shape index (κ3) is 6.68. The molecular weight excluding hydrogens is 609 g/mol. The van der Waals surface area contributed by atoms with Gasteiger partial charge in [0.05, 0.1) is 47.4 Å². The van der Waals surface area contributed by atoms with Crippen LogP contribution in [0, 0.1) is 0 Å². The molecule has 2 aromatic carbocycles. The van der Waals surface area contributed by atoms with Crippen molar-refractivity contribution in [1.29, 1.82) is 0 Å². The molecule has 14 heteroatoms. The number of aromatic nitrogens is 2. The highest BCUT2D eigenvalue weighted by Gasteiger charge is 2.45. The number of carbonyl (C=O) groups is 3. The van der Waals surface area contributed by atoms with E-state index >= 15 is 0 Å². The molecule has 2 saturated heterocycles. The molecule has 3 heterocycles. The van der Waals surface area contributed by atoms with Crippen LogP contribution in [-0.2, 0) is 22.3 Å². The molecule has 0 unspecified atom stereocenters. The van der Waals surface area contributed by atoms with Crippen LogP contribution in [0.2, 0.25) is 5.02 Å². The molecule has 2 fully saturated rings. The van der Waals surface area contributed by atoms with E-state index in [0.29, 0.717) is 16.5 Å². The minimum Gasteiger partial charge on any atom is -0.444 e. The molecule has 0 bridgehead atoms. The van der Waals surface area contributed by atoms with Crippen LogP contribution >= 0.6 is 23.4 Å². The van der Waals surface area contributed by atoms with Crippen LogP contribution in [0.1, 0.15) is 43.9 Å². The van der Waals surface area contributed by atoms with E-state index in [-0.39, 0.29) is 41.5 Å². The van der Waals surface area contributed by atoms with Gasteiger partial charge >= 0.3 is 12.3 Å². The maximum atomic E-state index is 13.6. The van der Waals surface area contributed by atoms with Gasteiger partial charge in [0.15, 0.2) is 0 Å². The standard InChI is InChI=1S/C29H28ClF3N4O5S/c1-28(2,3)42-26(40)35-9-8-22(23(38)15-35)37-25(39)24(43-27(37)41)11-16-4-7-21-18(10-16)13-34-36(21)14-17-5-6-19(30)12-20(17)29(31,32)33/h4-7,10-13,22-23,38H,8-9,14-15H2,1-3H3/t22-,23-/m0/s1. The molecular formula is C29H28ClF3N4O5S. The maximum absolute atomic E-state index is 13.6. The number of benzene rings is 2. The first kappa shape index (κ1) is 30.9. The molecule has 3 aromatic rings. The predicted octanol–water partition coefficient (Wildman–Crippen LogP) is 6.16. The number of hydrogen-bond acceptors (Lipinski definition) is 7. The van der Waals surface area contributed by atoms with E-state index in [1.165, 1.54) is 27.9 Å². The van der Waals surface area contributed by atoms with Gasteiger partial charge in [0.2, 0.25) is 0 Å². The fourth-order valence-corrected chi connectivity index (χ4v) is 6.12. The van der Waals surface area contributed by atoms with E-state index in [0.717, 1.165) is 22.7 Å². The minimum atomic E-state index is -4.58. The topological polar surface area (TPSA) is 105 Å². The quantitative estimate of drug-likeness (QED) is 0.342. The Hall–Kier alpha value is -3.55. The summed E-state index contributed by atoms with van der Waals surface area (Å²) >= 11 is 6.54. The molecule has 1 N–H and O–H groups in total. The number of amides is 3. The molecule has 9 nitrogen and oxygen atoms in total. The van der Waals surface area contributed by atoms with E-state index in [1.807, 2.05) is 0 Å². The summed E-state index contributed by atoms with van der Waals surface area (Å²) in [6.45, 7) is 5.19. The van der Waals surface area contributed by atoms with Gasteiger partial charge in [0.25, 0.3) is 11.1 Å². The number of rotatable bonds is 4. The molecule has 43 heavy (non-hydrogen) atoms. The molecule has 0 spiro atoms. The number of ether oxygens (including phenoxy) is 1. The Balaban J connectivity index is 1.31. The number of likely N-dealkylation sites (tertiary alicyclic amines) is 1. The number of piperidine rings is 1. The van der Waals surface area contributed by atoms with E-state index in [1.54, 1.807) is 45.0 Å². The van der Waals surface area contributed by atoms with Crippen molar-refractivity contribution >= 4 is 57.6 Å². The highest BCUT2D eigenvalue weighted by atomic mass is 35.5. The van der Waals surface area contributed by atoms with Crippen molar-refractivity contribution in [2.24, 2.45) is 0 Å². The fourth-order valence-electron chi connectivity index (χ4n) is 5.06. The third-order valence-corrected chi connectivity index (χ3v) is 8.13. The van der Waals surface area contributed by atoms with Crippen LogP contribution in [0.4, 0.5) is 22.8 Å². The summed E-state index contributed by atoms with van der Waals surface area (Å²) in [7, 11) is 0. The number of fused-ring (bicyclic) bond motifs is 1. The first-order valence-corrected chi connectivity index (χ1v) is 14.5. The molecule has 228 valence electrons. The van der Waals surface area contributed by atoms with Gasteiger partial charge in [-0.05, 0) is 80.4 Å². The van der Waals surface area contributed by atoms with Crippen molar-refractivity contribution in [2.45, 2.75) is 57.7 Å². The van der Waals surface area contributed by atoms with Crippen molar-refractivity contribution in [2.75, 3.05) is 13.1 Å². The number of thioether (sulfide) groups is 1. The average molecular weight is 637 g/mol. The second-order valence-corrected chi connectivity index (χ2v) is 12.8. The molecule has 3 amide bonds. The number of hydrogen-bond donors (Lipinski definition) is 1. The van der Waals surface area contributed by atoms with Crippen LogP contribution in [-0.4, -0.2) is 72.8 Å². The average Bonchev–Trinajstić information content (AvgIpc) is 3.42. The lowest BCUT2D eigenvalue weighted by atomic mass is 10.0. The van der Waals surface area contributed by atoms with Gasteiger partial charge in [-0.25, -0.2) is 4.79 Å². The summed E-state index contributed by atoms with van der Waals surface area (Å²) in [5, 5.41) is 15.1.